The topological polar surface area (TPSA) is 27.6 Å². The minimum Gasteiger partial charge on any atom is -0.374 e. The Bertz CT molecular complexity index is 519. The van der Waals surface area contributed by atoms with Crippen molar-refractivity contribution in [2.45, 2.75) is 6.42 Å². The number of nitrogens with one attached hydrogen (secondary N) is 1. The average molecular weight is 378 g/mol. The van der Waals surface area contributed by atoms with Gasteiger partial charge in [0.25, 0.3) is 0 Å². The quantitative estimate of drug-likeness (QED) is 0.237. The smallest absolute Gasteiger partial charge is 0.0320 e. The van der Waals surface area contributed by atoms with Gasteiger partial charge in [-0.1, -0.05) is 64.1 Å². The molecule has 0 aromatic heterocycles. The van der Waals surface area contributed by atoms with E-state index in [4.69, 9.17) is 0 Å². The van der Waals surface area contributed by atoms with E-state index in [0.29, 0.717) is 5.92 Å². The summed E-state index contributed by atoms with van der Waals surface area (Å²) in [5.41, 5.74) is 1.34. The van der Waals surface area contributed by atoms with Crippen molar-refractivity contribution in [1.82, 2.24) is 10.2 Å². The van der Waals surface area contributed by atoms with E-state index in [2.05, 4.69) is 58.7 Å². The lowest BCUT2D eigenvalue weighted by molar-refractivity contribution is 0.454. The summed E-state index contributed by atoms with van der Waals surface area (Å²) in [5.74, 6) is 2.81. The molecule has 0 saturated carbocycles. The van der Waals surface area contributed by atoms with Crippen molar-refractivity contribution in [1.29, 1.82) is 0 Å². The fourth-order valence-electron chi connectivity index (χ4n) is 2.15. The van der Waals surface area contributed by atoms with E-state index in [0.717, 1.165) is 31.0 Å². The largest absolute Gasteiger partial charge is 0.374 e. The van der Waals surface area contributed by atoms with Gasteiger partial charge in [-0.15, -0.1) is 0 Å². The first-order chi connectivity index (χ1) is 12.3. The third-order valence-corrected chi connectivity index (χ3v) is 6.01. The number of allylic oxidation sites excluding steroid dienone is 9. The summed E-state index contributed by atoms with van der Waals surface area (Å²) in [6.45, 7) is 2.17. The van der Waals surface area contributed by atoms with Gasteiger partial charge in [0.1, 0.15) is 0 Å². The molecule has 0 bridgehead atoms. The summed E-state index contributed by atoms with van der Waals surface area (Å²) in [4.78, 5) is 6.24. The molecule has 1 aliphatic carbocycles. The van der Waals surface area contributed by atoms with Crippen LogP contribution in [0.4, 0.5) is 0 Å². The Hall–Kier alpha value is -1.17. The van der Waals surface area contributed by atoms with Crippen molar-refractivity contribution in [3.05, 3.63) is 60.4 Å². The molecule has 0 aromatic carbocycles. The van der Waals surface area contributed by atoms with Crippen LogP contribution < -0.4 is 5.32 Å². The third-order valence-electron chi connectivity index (χ3n) is 3.62. The predicted octanol–water partition coefficient (Wildman–Crippen LogP) is 4.35. The molecule has 0 aliphatic heterocycles. The summed E-state index contributed by atoms with van der Waals surface area (Å²) < 4.78 is 0. The number of aliphatic imine (C=N–C) groups is 1. The summed E-state index contributed by atoms with van der Waals surface area (Å²) >= 11 is 0. The van der Waals surface area contributed by atoms with Crippen molar-refractivity contribution in [2.24, 2.45) is 10.9 Å². The predicted molar refractivity (Wildman–Crippen MR) is 119 cm³/mol. The molecule has 138 valence electrons. The minimum atomic E-state index is 0.495. The van der Waals surface area contributed by atoms with Crippen LogP contribution >= 0.6 is 21.6 Å². The number of nitrogens with zero attached hydrogens (tertiary/aromatic N) is 2. The first kappa shape index (κ1) is 21.9. The Morgan fingerprint density at radius 2 is 1.96 bits per heavy atom. The van der Waals surface area contributed by atoms with E-state index in [1.54, 1.807) is 13.3 Å². The summed E-state index contributed by atoms with van der Waals surface area (Å²) in [6, 6.07) is 0. The van der Waals surface area contributed by atoms with Gasteiger partial charge in [-0.2, -0.15) is 0 Å². The van der Waals surface area contributed by atoms with Gasteiger partial charge in [-0.25, -0.2) is 0 Å². The molecule has 0 aromatic rings. The summed E-state index contributed by atoms with van der Waals surface area (Å²) in [7, 11) is 9.85. The zero-order chi connectivity index (χ0) is 18.2. The van der Waals surface area contributed by atoms with Crippen LogP contribution in [0, 0.1) is 5.92 Å². The van der Waals surface area contributed by atoms with E-state index in [9.17, 15) is 0 Å². The van der Waals surface area contributed by atoms with Gasteiger partial charge in [0.2, 0.25) is 0 Å². The Balaban J connectivity index is 2.23. The highest BCUT2D eigenvalue weighted by atomic mass is 33.1. The first-order valence-corrected chi connectivity index (χ1v) is 11.2. The second-order valence-electron chi connectivity index (χ2n) is 5.62. The standard InChI is InChI=1S/C20H31N3S2/c1-21-14-8-6-4-5-7-9-19-10-12-20(13-11-19)23(3)16-18-25-24-17-15-22-2/h4-10,12-14,19,22H,11,15-18H2,1-3H3/b5-4+,8-6-,9-7+,21-14?. The fourth-order valence-corrected chi connectivity index (χ4v) is 4.20. The van der Waals surface area contributed by atoms with Crippen LogP contribution in [0.15, 0.2) is 65.4 Å². The lowest BCUT2D eigenvalue weighted by Gasteiger charge is -2.23. The number of hydrogen-bond donors (Lipinski definition) is 1. The molecular weight excluding hydrogens is 346 g/mol. The Morgan fingerprint density at radius 1 is 1.20 bits per heavy atom. The lowest BCUT2D eigenvalue weighted by atomic mass is 9.98. The van der Waals surface area contributed by atoms with Crippen molar-refractivity contribution in [2.75, 3.05) is 45.7 Å². The van der Waals surface area contributed by atoms with Crippen LogP contribution in [-0.2, 0) is 0 Å². The van der Waals surface area contributed by atoms with Crippen molar-refractivity contribution < 1.29 is 0 Å². The molecule has 1 rings (SSSR count). The van der Waals surface area contributed by atoms with E-state index in [1.807, 2.05) is 46.9 Å². The normalized spacial score (nSPS) is 18.2. The van der Waals surface area contributed by atoms with E-state index in [1.165, 1.54) is 5.70 Å². The molecule has 1 N–H and O–H groups in total. The van der Waals surface area contributed by atoms with Gasteiger partial charge in [-0.05, 0) is 31.5 Å². The van der Waals surface area contributed by atoms with Crippen LogP contribution in [0.25, 0.3) is 0 Å². The Morgan fingerprint density at radius 3 is 2.68 bits per heavy atom. The average Bonchev–Trinajstić information content (AvgIpc) is 2.64. The zero-order valence-electron chi connectivity index (χ0n) is 15.6. The molecule has 0 saturated heterocycles. The monoisotopic (exact) mass is 377 g/mol. The van der Waals surface area contributed by atoms with Crippen LogP contribution in [0.2, 0.25) is 0 Å². The highest BCUT2D eigenvalue weighted by Crippen LogP contribution is 2.22. The fraction of sp³-hybridized carbons (Fsp3) is 0.450. The maximum Gasteiger partial charge on any atom is 0.0320 e. The van der Waals surface area contributed by atoms with E-state index < -0.39 is 0 Å². The van der Waals surface area contributed by atoms with Gasteiger partial charge in [0.05, 0.1) is 0 Å². The molecule has 0 spiro atoms. The molecule has 1 atom stereocenters. The van der Waals surface area contributed by atoms with Crippen molar-refractivity contribution >= 4 is 27.8 Å². The number of likely N-dealkylation sites (N-methyl/N-ethyl adjacent to an activating group) is 1. The highest BCUT2D eigenvalue weighted by molar-refractivity contribution is 8.76. The molecular formula is C20H31N3S2. The van der Waals surface area contributed by atoms with Crippen molar-refractivity contribution in [3.8, 4) is 0 Å². The summed E-state index contributed by atoms with van der Waals surface area (Å²) in [6.07, 6.45) is 22.1. The Kier molecular flexibility index (Phi) is 13.2. The van der Waals surface area contributed by atoms with Gasteiger partial charge in [0, 0.05) is 50.6 Å². The van der Waals surface area contributed by atoms with Crippen LogP contribution in [0.5, 0.6) is 0 Å². The molecule has 0 heterocycles. The second kappa shape index (κ2) is 15.1. The minimum absolute atomic E-state index is 0.495. The first-order valence-electron chi connectivity index (χ1n) is 8.68. The van der Waals surface area contributed by atoms with Crippen LogP contribution in [0.3, 0.4) is 0 Å². The maximum absolute atomic E-state index is 3.90. The van der Waals surface area contributed by atoms with Gasteiger partial charge >= 0.3 is 0 Å². The Labute approximate surface area is 161 Å². The zero-order valence-corrected chi connectivity index (χ0v) is 17.2. The van der Waals surface area contributed by atoms with Gasteiger partial charge in [-0.3, -0.25) is 4.99 Å². The molecule has 1 aliphatic rings. The third kappa shape index (κ3) is 11.1. The summed E-state index contributed by atoms with van der Waals surface area (Å²) in [5, 5.41) is 3.17. The van der Waals surface area contributed by atoms with Gasteiger partial charge in [0.15, 0.2) is 0 Å². The maximum atomic E-state index is 3.90. The van der Waals surface area contributed by atoms with Crippen LogP contribution in [0.1, 0.15) is 6.42 Å². The van der Waals surface area contributed by atoms with E-state index >= 15 is 0 Å². The lowest BCUT2D eigenvalue weighted by Crippen LogP contribution is -2.21. The highest BCUT2D eigenvalue weighted by Gasteiger charge is 2.08. The van der Waals surface area contributed by atoms with Crippen LogP contribution in [-0.4, -0.2) is 56.9 Å². The number of hydrogen-bond acceptors (Lipinski definition) is 5. The molecule has 3 nitrogen and oxygen atoms in total. The molecule has 0 amide bonds. The van der Waals surface area contributed by atoms with E-state index in [-0.39, 0.29) is 0 Å². The van der Waals surface area contributed by atoms with Gasteiger partial charge < -0.3 is 10.2 Å². The second-order valence-corrected chi connectivity index (χ2v) is 8.32. The molecule has 0 fully saturated rings. The molecule has 1 unspecified atom stereocenters. The SMILES string of the molecule is CN=C\C=C/C=C/C=C/C1C=CC(N(C)CCSSCCNC)=CC1. The molecule has 0 radical (unpaired) electrons. The number of rotatable bonds is 12. The molecule has 25 heavy (non-hydrogen) atoms. The molecule has 5 heteroatoms. The van der Waals surface area contributed by atoms with Crippen molar-refractivity contribution in [3.63, 3.8) is 0 Å².